The van der Waals surface area contributed by atoms with Crippen molar-refractivity contribution in [2.24, 2.45) is 0 Å². The largest absolute Gasteiger partial charge is 0.416 e. The summed E-state index contributed by atoms with van der Waals surface area (Å²) in [7, 11) is 0. The van der Waals surface area contributed by atoms with Crippen LogP contribution in [0.3, 0.4) is 0 Å². The monoisotopic (exact) mass is 279 g/mol. The van der Waals surface area contributed by atoms with Crippen LogP contribution in [-0.4, -0.2) is 16.0 Å². The summed E-state index contributed by atoms with van der Waals surface area (Å²) < 4.78 is 38.1. The minimum atomic E-state index is -4.35. The number of nitrogens with one attached hydrogen (secondary N) is 1. The minimum absolute atomic E-state index is 0.395. The maximum atomic E-state index is 12.7. The summed E-state index contributed by atoms with van der Waals surface area (Å²) in [5.74, 6) is 0.461. The number of aromatic nitrogens is 2. The average Bonchev–Trinajstić information content (AvgIpc) is 3.22. The second-order valence-corrected chi connectivity index (χ2v) is 4.76. The van der Waals surface area contributed by atoms with Gasteiger partial charge in [-0.3, -0.25) is 0 Å². The Labute approximate surface area is 113 Å². The lowest BCUT2D eigenvalue weighted by Gasteiger charge is -2.09. The zero-order chi connectivity index (χ0) is 14.2. The van der Waals surface area contributed by atoms with Crippen LogP contribution in [0.1, 0.15) is 18.4 Å². The Bertz CT molecular complexity index is 621. The fourth-order valence-corrected chi connectivity index (χ4v) is 1.85. The topological polar surface area (TPSA) is 37.8 Å². The third kappa shape index (κ3) is 2.89. The van der Waals surface area contributed by atoms with Crippen molar-refractivity contribution < 1.29 is 13.2 Å². The maximum Gasteiger partial charge on any atom is 0.416 e. The van der Waals surface area contributed by atoms with Crippen molar-refractivity contribution in [3.05, 3.63) is 42.1 Å². The van der Waals surface area contributed by atoms with E-state index in [1.54, 1.807) is 18.3 Å². The molecular weight excluding hydrogens is 267 g/mol. The number of hydrogen-bond acceptors (Lipinski definition) is 3. The molecule has 3 rings (SSSR count). The first-order valence-electron chi connectivity index (χ1n) is 6.29. The Morgan fingerprint density at radius 1 is 1.15 bits per heavy atom. The molecule has 0 aliphatic heterocycles. The van der Waals surface area contributed by atoms with Gasteiger partial charge in [-0.05, 0) is 31.0 Å². The molecule has 0 radical (unpaired) electrons. The molecule has 1 aliphatic rings. The Balaban J connectivity index is 1.91. The lowest BCUT2D eigenvalue weighted by molar-refractivity contribution is -0.137. The van der Waals surface area contributed by atoms with Gasteiger partial charge in [0.05, 0.1) is 11.3 Å². The van der Waals surface area contributed by atoms with Crippen LogP contribution >= 0.6 is 0 Å². The molecule has 0 amide bonds. The summed E-state index contributed by atoms with van der Waals surface area (Å²) in [5, 5.41) is 3.13. The molecule has 1 fully saturated rings. The van der Waals surface area contributed by atoms with Gasteiger partial charge in [-0.15, -0.1) is 0 Å². The molecule has 0 spiro atoms. The van der Waals surface area contributed by atoms with E-state index in [1.807, 2.05) is 0 Å². The van der Waals surface area contributed by atoms with E-state index in [0.717, 1.165) is 25.0 Å². The molecule has 0 bridgehead atoms. The lowest BCUT2D eigenvalue weighted by atomic mass is 10.1. The molecule has 6 heteroatoms. The Morgan fingerprint density at radius 3 is 2.65 bits per heavy atom. The summed E-state index contributed by atoms with van der Waals surface area (Å²) in [6, 6.07) is 7.14. The Morgan fingerprint density at radius 2 is 1.95 bits per heavy atom. The van der Waals surface area contributed by atoms with Crippen molar-refractivity contribution in [2.75, 3.05) is 5.32 Å². The van der Waals surface area contributed by atoms with Gasteiger partial charge in [0.15, 0.2) is 0 Å². The van der Waals surface area contributed by atoms with Crippen LogP contribution in [-0.2, 0) is 6.18 Å². The second kappa shape index (κ2) is 4.77. The number of halogens is 3. The fourth-order valence-electron chi connectivity index (χ4n) is 1.85. The van der Waals surface area contributed by atoms with Crippen molar-refractivity contribution in [1.29, 1.82) is 0 Å². The normalized spacial score (nSPS) is 15.2. The zero-order valence-electron chi connectivity index (χ0n) is 10.5. The standard InChI is InChI=1S/C14H12F3N3/c15-14(16,17)10-3-1-2-9(8-10)12-6-7-18-13(20-12)19-11-4-5-11/h1-3,6-8,11H,4-5H2,(H,18,19,20). The molecular formula is C14H12F3N3. The highest BCUT2D eigenvalue weighted by Gasteiger charge is 2.30. The van der Waals surface area contributed by atoms with Gasteiger partial charge in [-0.25, -0.2) is 9.97 Å². The number of hydrogen-bond donors (Lipinski definition) is 1. The molecule has 20 heavy (non-hydrogen) atoms. The molecule has 104 valence electrons. The third-order valence-electron chi connectivity index (χ3n) is 3.05. The van der Waals surface area contributed by atoms with E-state index in [4.69, 9.17) is 0 Å². The molecule has 1 aromatic carbocycles. The SMILES string of the molecule is FC(F)(F)c1cccc(-c2ccnc(NC3CC3)n2)c1. The van der Waals surface area contributed by atoms with Crippen molar-refractivity contribution >= 4 is 5.95 Å². The first kappa shape index (κ1) is 12.9. The van der Waals surface area contributed by atoms with Crippen LogP contribution in [0.25, 0.3) is 11.3 Å². The lowest BCUT2D eigenvalue weighted by Crippen LogP contribution is -2.06. The van der Waals surface area contributed by atoms with Crippen LogP contribution in [0.4, 0.5) is 19.1 Å². The molecule has 3 nitrogen and oxygen atoms in total. The van der Waals surface area contributed by atoms with Crippen molar-refractivity contribution in [3.63, 3.8) is 0 Å². The van der Waals surface area contributed by atoms with E-state index in [1.165, 1.54) is 6.07 Å². The number of rotatable bonds is 3. The van der Waals surface area contributed by atoms with E-state index in [2.05, 4.69) is 15.3 Å². The highest BCUT2D eigenvalue weighted by atomic mass is 19.4. The molecule has 0 atom stereocenters. The first-order chi connectivity index (χ1) is 9.52. The van der Waals surface area contributed by atoms with Crippen LogP contribution in [0.5, 0.6) is 0 Å². The number of benzene rings is 1. The van der Waals surface area contributed by atoms with E-state index < -0.39 is 11.7 Å². The summed E-state index contributed by atoms with van der Waals surface area (Å²) in [5.41, 5.74) is 0.237. The van der Waals surface area contributed by atoms with Gasteiger partial charge in [0, 0.05) is 17.8 Å². The maximum absolute atomic E-state index is 12.7. The summed E-state index contributed by atoms with van der Waals surface area (Å²) in [4.78, 5) is 8.33. The van der Waals surface area contributed by atoms with Gasteiger partial charge in [0.1, 0.15) is 0 Å². The summed E-state index contributed by atoms with van der Waals surface area (Å²) in [6.07, 6.45) is -0.639. The van der Waals surface area contributed by atoms with E-state index >= 15 is 0 Å². The molecule has 2 aromatic rings. The van der Waals surface area contributed by atoms with Gasteiger partial charge in [0.25, 0.3) is 0 Å². The minimum Gasteiger partial charge on any atom is -0.351 e. The number of alkyl halides is 3. The highest BCUT2D eigenvalue weighted by Crippen LogP contribution is 2.32. The van der Waals surface area contributed by atoms with Gasteiger partial charge >= 0.3 is 6.18 Å². The first-order valence-corrected chi connectivity index (χ1v) is 6.29. The molecule has 0 unspecified atom stereocenters. The van der Waals surface area contributed by atoms with Crippen LogP contribution < -0.4 is 5.32 Å². The van der Waals surface area contributed by atoms with Crippen LogP contribution in [0.15, 0.2) is 36.5 Å². The number of nitrogens with zero attached hydrogens (tertiary/aromatic N) is 2. The molecule has 1 aliphatic carbocycles. The predicted octanol–water partition coefficient (Wildman–Crippen LogP) is 3.74. The molecule has 1 heterocycles. The van der Waals surface area contributed by atoms with E-state index in [9.17, 15) is 13.2 Å². The molecule has 1 saturated carbocycles. The Hall–Kier alpha value is -2.11. The Kier molecular flexibility index (Phi) is 3.08. The molecule has 0 saturated heterocycles. The van der Waals surface area contributed by atoms with E-state index in [0.29, 0.717) is 23.2 Å². The van der Waals surface area contributed by atoms with Gasteiger partial charge in [-0.2, -0.15) is 13.2 Å². The molecule has 1 aromatic heterocycles. The highest BCUT2D eigenvalue weighted by molar-refractivity contribution is 5.61. The van der Waals surface area contributed by atoms with Crippen LogP contribution in [0.2, 0.25) is 0 Å². The second-order valence-electron chi connectivity index (χ2n) is 4.76. The van der Waals surface area contributed by atoms with E-state index in [-0.39, 0.29) is 0 Å². The quantitative estimate of drug-likeness (QED) is 0.930. The molecule has 1 N–H and O–H groups in total. The third-order valence-corrected chi connectivity index (χ3v) is 3.05. The van der Waals surface area contributed by atoms with Gasteiger partial charge < -0.3 is 5.32 Å². The predicted molar refractivity (Wildman–Crippen MR) is 69.1 cm³/mol. The van der Waals surface area contributed by atoms with Crippen molar-refractivity contribution in [3.8, 4) is 11.3 Å². The van der Waals surface area contributed by atoms with Crippen molar-refractivity contribution in [2.45, 2.75) is 25.1 Å². The number of anilines is 1. The fraction of sp³-hybridized carbons (Fsp3) is 0.286. The zero-order valence-corrected chi connectivity index (χ0v) is 10.5. The summed E-state index contributed by atoms with van der Waals surface area (Å²) >= 11 is 0. The summed E-state index contributed by atoms with van der Waals surface area (Å²) in [6.45, 7) is 0. The average molecular weight is 279 g/mol. The van der Waals surface area contributed by atoms with Gasteiger partial charge in [0.2, 0.25) is 5.95 Å². The van der Waals surface area contributed by atoms with Gasteiger partial charge in [-0.1, -0.05) is 12.1 Å². The van der Waals surface area contributed by atoms with Crippen molar-refractivity contribution in [1.82, 2.24) is 9.97 Å². The smallest absolute Gasteiger partial charge is 0.351 e. The van der Waals surface area contributed by atoms with Crippen LogP contribution in [0, 0.1) is 0 Å².